The van der Waals surface area contributed by atoms with E-state index in [0.717, 1.165) is 28.2 Å². The van der Waals surface area contributed by atoms with E-state index in [9.17, 15) is 5.11 Å². The summed E-state index contributed by atoms with van der Waals surface area (Å²) < 4.78 is 12.6. The molecule has 4 rings (SSSR count). The van der Waals surface area contributed by atoms with Gasteiger partial charge in [0.05, 0.1) is 26.5 Å². The van der Waals surface area contributed by atoms with Crippen molar-refractivity contribution in [3.05, 3.63) is 66.5 Å². The molecular weight excluding hydrogens is 356 g/mol. The summed E-state index contributed by atoms with van der Waals surface area (Å²) in [6.45, 7) is -0.0187. The molecule has 0 aliphatic heterocycles. The third-order valence-electron chi connectivity index (χ3n) is 4.43. The van der Waals surface area contributed by atoms with Crippen LogP contribution in [-0.4, -0.2) is 33.7 Å². The number of benzene rings is 2. The number of nitrogens with zero attached hydrogens (tertiary/aromatic N) is 3. The second kappa shape index (κ2) is 7.58. The molecule has 0 aliphatic rings. The van der Waals surface area contributed by atoms with Gasteiger partial charge in [0.25, 0.3) is 0 Å². The number of nitrogens with one attached hydrogen (secondary N) is 1. The molecule has 0 bridgehead atoms. The van der Waals surface area contributed by atoms with Gasteiger partial charge in [0.2, 0.25) is 5.95 Å². The van der Waals surface area contributed by atoms with E-state index in [1.807, 2.05) is 59.1 Å². The van der Waals surface area contributed by atoms with E-state index >= 15 is 0 Å². The summed E-state index contributed by atoms with van der Waals surface area (Å²) >= 11 is 0. The second-order valence-corrected chi connectivity index (χ2v) is 6.17. The van der Waals surface area contributed by atoms with Crippen LogP contribution in [0.25, 0.3) is 16.9 Å². The molecule has 2 heterocycles. The summed E-state index contributed by atoms with van der Waals surface area (Å²) in [6.07, 6.45) is 3.57. The number of rotatable bonds is 6. The minimum absolute atomic E-state index is 0.0187. The van der Waals surface area contributed by atoms with Gasteiger partial charge in [-0.25, -0.2) is 9.97 Å². The van der Waals surface area contributed by atoms with Crippen molar-refractivity contribution >= 4 is 17.3 Å². The van der Waals surface area contributed by atoms with Gasteiger partial charge >= 0.3 is 0 Å². The van der Waals surface area contributed by atoms with E-state index in [0.29, 0.717) is 17.4 Å². The van der Waals surface area contributed by atoms with E-state index in [1.165, 1.54) is 0 Å². The Morgan fingerprint density at radius 3 is 2.68 bits per heavy atom. The van der Waals surface area contributed by atoms with Crippen molar-refractivity contribution in [2.24, 2.45) is 0 Å². The number of ether oxygens (including phenoxy) is 2. The SMILES string of the molecule is COc1ccc(-c2cc3nccn3c(Nc3cccc(CO)c3)n2)cc1OC. The Bertz CT molecular complexity index is 1120. The maximum absolute atomic E-state index is 9.37. The Balaban J connectivity index is 1.79. The van der Waals surface area contributed by atoms with E-state index in [1.54, 1.807) is 20.4 Å². The molecule has 7 heteroatoms. The maximum atomic E-state index is 9.37. The van der Waals surface area contributed by atoms with Crippen LogP contribution in [0.2, 0.25) is 0 Å². The van der Waals surface area contributed by atoms with E-state index < -0.39 is 0 Å². The number of aliphatic hydroxyl groups is 1. The van der Waals surface area contributed by atoms with Gasteiger partial charge < -0.3 is 19.9 Å². The first kappa shape index (κ1) is 17.8. The van der Waals surface area contributed by atoms with Crippen LogP contribution in [0, 0.1) is 0 Å². The number of aliphatic hydroxyl groups excluding tert-OH is 1. The van der Waals surface area contributed by atoms with Gasteiger partial charge in [0.15, 0.2) is 11.5 Å². The molecule has 0 saturated heterocycles. The van der Waals surface area contributed by atoms with Crippen molar-refractivity contribution in [3.63, 3.8) is 0 Å². The Morgan fingerprint density at radius 1 is 1.04 bits per heavy atom. The summed E-state index contributed by atoms with van der Waals surface area (Å²) in [5, 5.41) is 12.7. The molecule has 0 radical (unpaired) electrons. The van der Waals surface area contributed by atoms with Crippen LogP contribution in [0.1, 0.15) is 5.56 Å². The monoisotopic (exact) mass is 376 g/mol. The zero-order valence-electron chi connectivity index (χ0n) is 15.6. The van der Waals surface area contributed by atoms with Gasteiger partial charge in [0, 0.05) is 29.7 Å². The topological polar surface area (TPSA) is 80.9 Å². The Hall–Kier alpha value is -3.58. The maximum Gasteiger partial charge on any atom is 0.213 e. The number of anilines is 2. The first-order chi connectivity index (χ1) is 13.7. The summed E-state index contributed by atoms with van der Waals surface area (Å²) in [4.78, 5) is 9.18. The molecule has 0 fully saturated rings. The van der Waals surface area contributed by atoms with Crippen LogP contribution in [0.3, 0.4) is 0 Å². The number of fused-ring (bicyclic) bond motifs is 1. The van der Waals surface area contributed by atoms with Gasteiger partial charge in [-0.3, -0.25) is 4.40 Å². The molecule has 0 amide bonds. The van der Waals surface area contributed by atoms with E-state index in [2.05, 4.69) is 10.3 Å². The number of hydrogen-bond donors (Lipinski definition) is 2. The molecule has 4 aromatic rings. The Morgan fingerprint density at radius 2 is 1.89 bits per heavy atom. The predicted molar refractivity (Wildman–Crippen MR) is 107 cm³/mol. The average molecular weight is 376 g/mol. The van der Waals surface area contributed by atoms with Crippen LogP contribution in [0.5, 0.6) is 11.5 Å². The van der Waals surface area contributed by atoms with Crippen molar-refractivity contribution in [3.8, 4) is 22.8 Å². The third-order valence-corrected chi connectivity index (χ3v) is 4.43. The van der Waals surface area contributed by atoms with Crippen molar-refractivity contribution in [2.75, 3.05) is 19.5 Å². The summed E-state index contributed by atoms with van der Waals surface area (Å²) in [5.41, 5.74) is 4.05. The fourth-order valence-electron chi connectivity index (χ4n) is 3.03. The smallest absolute Gasteiger partial charge is 0.213 e. The lowest BCUT2D eigenvalue weighted by Gasteiger charge is -2.13. The van der Waals surface area contributed by atoms with Crippen molar-refractivity contribution in [2.45, 2.75) is 6.61 Å². The van der Waals surface area contributed by atoms with Crippen molar-refractivity contribution in [1.29, 1.82) is 0 Å². The molecule has 7 nitrogen and oxygen atoms in total. The van der Waals surface area contributed by atoms with E-state index in [4.69, 9.17) is 14.5 Å². The average Bonchev–Trinajstić information content (AvgIpc) is 3.22. The lowest BCUT2D eigenvalue weighted by molar-refractivity contribution is 0.282. The first-order valence-corrected chi connectivity index (χ1v) is 8.75. The molecule has 2 aromatic heterocycles. The zero-order valence-corrected chi connectivity index (χ0v) is 15.6. The highest BCUT2D eigenvalue weighted by atomic mass is 16.5. The minimum Gasteiger partial charge on any atom is -0.493 e. The number of hydrogen-bond acceptors (Lipinski definition) is 6. The molecule has 0 aliphatic carbocycles. The van der Waals surface area contributed by atoms with Gasteiger partial charge in [0.1, 0.15) is 5.65 Å². The van der Waals surface area contributed by atoms with Gasteiger partial charge in [-0.05, 0) is 35.9 Å². The van der Waals surface area contributed by atoms with Crippen LogP contribution in [-0.2, 0) is 6.61 Å². The van der Waals surface area contributed by atoms with Crippen molar-refractivity contribution < 1.29 is 14.6 Å². The molecule has 142 valence electrons. The van der Waals surface area contributed by atoms with E-state index in [-0.39, 0.29) is 6.61 Å². The largest absolute Gasteiger partial charge is 0.493 e. The predicted octanol–water partition coefficient (Wildman–Crippen LogP) is 3.65. The van der Waals surface area contributed by atoms with Crippen LogP contribution < -0.4 is 14.8 Å². The van der Waals surface area contributed by atoms with Crippen LogP contribution >= 0.6 is 0 Å². The highest BCUT2D eigenvalue weighted by molar-refractivity contribution is 5.70. The quantitative estimate of drug-likeness (QED) is 0.535. The third kappa shape index (κ3) is 3.35. The van der Waals surface area contributed by atoms with Crippen LogP contribution in [0.15, 0.2) is 60.9 Å². The zero-order chi connectivity index (χ0) is 19.5. The first-order valence-electron chi connectivity index (χ1n) is 8.75. The molecule has 0 unspecified atom stereocenters. The molecule has 0 saturated carbocycles. The molecule has 2 aromatic carbocycles. The van der Waals surface area contributed by atoms with Gasteiger partial charge in [-0.1, -0.05) is 12.1 Å². The molecule has 28 heavy (non-hydrogen) atoms. The lowest BCUT2D eigenvalue weighted by atomic mass is 10.1. The number of methoxy groups -OCH3 is 2. The normalized spacial score (nSPS) is 10.8. The number of imidazole rings is 1. The fourth-order valence-corrected chi connectivity index (χ4v) is 3.03. The second-order valence-electron chi connectivity index (χ2n) is 6.17. The molecular formula is C21H20N4O3. The summed E-state index contributed by atoms with van der Waals surface area (Å²) in [7, 11) is 3.21. The summed E-state index contributed by atoms with van der Waals surface area (Å²) in [5.74, 6) is 1.91. The fraction of sp³-hybridized carbons (Fsp3) is 0.143. The Kier molecular flexibility index (Phi) is 4.82. The standard InChI is InChI=1S/C21H20N4O3/c1-27-18-7-6-15(11-19(18)28-2)17-12-20-22-8-9-25(20)21(24-17)23-16-5-3-4-14(10-16)13-26/h3-12,26H,13H2,1-2H3,(H,23,24). The highest BCUT2D eigenvalue weighted by Gasteiger charge is 2.12. The Labute approximate surface area is 162 Å². The minimum atomic E-state index is -0.0187. The van der Waals surface area contributed by atoms with Crippen molar-refractivity contribution in [1.82, 2.24) is 14.4 Å². The highest BCUT2D eigenvalue weighted by Crippen LogP contribution is 2.32. The summed E-state index contributed by atoms with van der Waals surface area (Å²) in [6, 6.07) is 15.1. The molecule has 2 N–H and O–H groups in total. The number of aromatic nitrogens is 3. The van der Waals surface area contributed by atoms with Gasteiger partial charge in [-0.15, -0.1) is 0 Å². The van der Waals surface area contributed by atoms with Crippen LogP contribution in [0.4, 0.5) is 11.6 Å². The molecule has 0 spiro atoms. The lowest BCUT2D eigenvalue weighted by Crippen LogP contribution is -2.03. The van der Waals surface area contributed by atoms with Gasteiger partial charge in [-0.2, -0.15) is 0 Å². The molecule has 0 atom stereocenters.